The van der Waals surface area contributed by atoms with E-state index in [2.05, 4.69) is 39.3 Å². The van der Waals surface area contributed by atoms with Crippen LogP contribution in [0, 0.1) is 5.13 Å². The Kier molecular flexibility index (Phi) is 4.84. The molecule has 0 aliphatic heterocycles. The van der Waals surface area contributed by atoms with E-state index >= 15 is 0 Å². The second-order valence-electron chi connectivity index (χ2n) is 8.32. The van der Waals surface area contributed by atoms with E-state index in [-0.39, 0.29) is 5.13 Å². The highest BCUT2D eigenvalue weighted by molar-refractivity contribution is 7.14. The Balaban J connectivity index is 1.45. The van der Waals surface area contributed by atoms with Crippen LogP contribution in [0.3, 0.4) is 0 Å². The summed E-state index contributed by atoms with van der Waals surface area (Å²) >= 11 is 1.10. The van der Waals surface area contributed by atoms with Crippen molar-refractivity contribution >= 4 is 39.1 Å². The summed E-state index contributed by atoms with van der Waals surface area (Å²) in [6.45, 7) is 4.17. The third-order valence-electron chi connectivity index (χ3n) is 5.47. The molecule has 0 saturated carbocycles. The molecule has 5 aromatic heterocycles. The molecule has 3 N–H and O–H groups in total. The molecule has 5 heterocycles. The van der Waals surface area contributed by atoms with Gasteiger partial charge in [-0.3, -0.25) is 10.1 Å². The second kappa shape index (κ2) is 8.03. The molecule has 0 amide bonds. The van der Waals surface area contributed by atoms with Crippen molar-refractivity contribution in [1.29, 1.82) is 0 Å². The first-order valence-electron chi connectivity index (χ1n) is 10.9. The summed E-state index contributed by atoms with van der Waals surface area (Å²) < 4.78 is 13.6. The van der Waals surface area contributed by atoms with Crippen LogP contribution in [-0.2, 0) is 0 Å². The molecule has 6 rings (SSSR count). The van der Waals surface area contributed by atoms with Crippen LogP contribution >= 0.6 is 11.3 Å². The van der Waals surface area contributed by atoms with Gasteiger partial charge in [0, 0.05) is 34.4 Å². The zero-order valence-electron chi connectivity index (χ0n) is 18.4. The number of para-hydroxylation sites is 1. The van der Waals surface area contributed by atoms with E-state index in [1.807, 2.05) is 36.4 Å². The lowest BCUT2D eigenvalue weighted by atomic mass is 10.1. The molecular weight excluding hydrogens is 449 g/mol. The second-order valence-corrected chi connectivity index (χ2v) is 9.35. The van der Waals surface area contributed by atoms with Crippen LogP contribution in [0.15, 0.2) is 60.9 Å². The zero-order valence-corrected chi connectivity index (χ0v) is 19.2. The van der Waals surface area contributed by atoms with E-state index < -0.39 is 0 Å². The Labute approximate surface area is 198 Å². The SMILES string of the molecule is CC(C)Nc1cncc(-c2ccc3[nH]nc(-c4nc5c(-c6ccc(F)s6)cccc5[nH]4)c3n2)c1. The van der Waals surface area contributed by atoms with Crippen molar-refractivity contribution in [2.75, 3.05) is 5.32 Å². The molecule has 7 nitrogen and oxygen atoms in total. The van der Waals surface area contributed by atoms with Crippen molar-refractivity contribution < 1.29 is 4.39 Å². The lowest BCUT2D eigenvalue weighted by Crippen LogP contribution is -2.09. The van der Waals surface area contributed by atoms with Crippen LogP contribution in [0.4, 0.5) is 10.1 Å². The van der Waals surface area contributed by atoms with Gasteiger partial charge in [0.15, 0.2) is 16.6 Å². The molecule has 6 aromatic rings. The number of H-pyrrole nitrogens is 2. The van der Waals surface area contributed by atoms with E-state index in [1.165, 1.54) is 6.07 Å². The summed E-state index contributed by atoms with van der Waals surface area (Å²) in [6, 6.07) is 15.3. The summed E-state index contributed by atoms with van der Waals surface area (Å²) in [5, 5.41) is 10.7. The number of pyridine rings is 2. The Hall–Kier alpha value is -4.11. The number of benzene rings is 1. The first-order valence-corrected chi connectivity index (χ1v) is 11.7. The standard InChI is InChI=1S/C25H20FN7S/c1-13(2)28-15-10-14(11-27-12-15)17-6-7-19-23(29-17)24(33-32-19)25-30-18-5-3-4-16(22(18)31-25)20-8-9-21(26)34-20/h3-13,28H,1-2H3,(H,30,31)(H,32,33). The van der Waals surface area contributed by atoms with E-state index in [1.54, 1.807) is 18.5 Å². The van der Waals surface area contributed by atoms with Crippen LogP contribution in [0.5, 0.6) is 0 Å². The number of hydrogen-bond donors (Lipinski definition) is 3. The molecule has 0 radical (unpaired) electrons. The lowest BCUT2D eigenvalue weighted by molar-refractivity contribution is 0.657. The minimum absolute atomic E-state index is 0.222. The van der Waals surface area contributed by atoms with E-state index in [4.69, 9.17) is 9.97 Å². The number of hydrogen-bond acceptors (Lipinski definition) is 6. The van der Waals surface area contributed by atoms with Crippen LogP contribution in [0.2, 0.25) is 0 Å². The molecule has 34 heavy (non-hydrogen) atoms. The molecule has 0 spiro atoms. The van der Waals surface area contributed by atoms with Gasteiger partial charge in [-0.05, 0) is 50.2 Å². The number of rotatable bonds is 5. The summed E-state index contributed by atoms with van der Waals surface area (Å²) in [5.74, 6) is 0.601. The predicted octanol–water partition coefficient (Wildman–Crippen LogP) is 6.25. The summed E-state index contributed by atoms with van der Waals surface area (Å²) in [5.41, 5.74) is 7.29. The van der Waals surface area contributed by atoms with Gasteiger partial charge >= 0.3 is 0 Å². The van der Waals surface area contributed by atoms with Gasteiger partial charge in [-0.2, -0.15) is 9.49 Å². The average molecular weight is 470 g/mol. The van der Waals surface area contributed by atoms with Gasteiger partial charge < -0.3 is 10.3 Å². The van der Waals surface area contributed by atoms with E-state index in [0.717, 1.165) is 55.3 Å². The van der Waals surface area contributed by atoms with Crippen molar-refractivity contribution in [1.82, 2.24) is 30.1 Å². The maximum Gasteiger partial charge on any atom is 0.176 e. The van der Waals surface area contributed by atoms with Crippen LogP contribution < -0.4 is 5.32 Å². The number of imidazole rings is 1. The van der Waals surface area contributed by atoms with Crippen molar-refractivity contribution in [3.8, 4) is 33.2 Å². The molecule has 1 aromatic carbocycles. The highest BCUT2D eigenvalue weighted by atomic mass is 32.1. The van der Waals surface area contributed by atoms with E-state index in [0.29, 0.717) is 23.1 Å². The van der Waals surface area contributed by atoms with Gasteiger partial charge in [0.1, 0.15) is 5.52 Å². The number of fused-ring (bicyclic) bond motifs is 2. The monoisotopic (exact) mass is 469 g/mol. The topological polar surface area (TPSA) is 95.2 Å². The number of aromatic amines is 2. The molecule has 0 saturated heterocycles. The largest absolute Gasteiger partial charge is 0.382 e. The fourth-order valence-electron chi connectivity index (χ4n) is 4.02. The van der Waals surface area contributed by atoms with Crippen LogP contribution in [-0.4, -0.2) is 36.2 Å². The highest BCUT2D eigenvalue weighted by Gasteiger charge is 2.17. The third-order valence-corrected chi connectivity index (χ3v) is 6.38. The minimum atomic E-state index is -0.222. The van der Waals surface area contributed by atoms with Gasteiger partial charge in [0.05, 0.1) is 27.9 Å². The third kappa shape index (κ3) is 3.60. The molecule has 9 heteroatoms. The number of anilines is 1. The Morgan fingerprint density at radius 2 is 1.88 bits per heavy atom. The molecule has 0 atom stereocenters. The summed E-state index contributed by atoms with van der Waals surface area (Å²) in [6.07, 6.45) is 3.60. The molecule has 0 aliphatic carbocycles. The number of thiophene rings is 1. The maximum absolute atomic E-state index is 13.6. The van der Waals surface area contributed by atoms with Crippen molar-refractivity contribution in [3.63, 3.8) is 0 Å². The number of halogens is 1. The Morgan fingerprint density at radius 1 is 0.971 bits per heavy atom. The smallest absolute Gasteiger partial charge is 0.176 e. The average Bonchev–Trinajstić information content (AvgIpc) is 3.55. The predicted molar refractivity (Wildman–Crippen MR) is 134 cm³/mol. The number of nitrogens with one attached hydrogen (secondary N) is 3. The molecule has 0 unspecified atom stereocenters. The van der Waals surface area contributed by atoms with Gasteiger partial charge in [-0.15, -0.1) is 11.3 Å². The van der Waals surface area contributed by atoms with Crippen molar-refractivity contribution in [3.05, 3.63) is 66.1 Å². The normalized spacial score (nSPS) is 11.6. The van der Waals surface area contributed by atoms with Gasteiger partial charge in [-0.1, -0.05) is 12.1 Å². The van der Waals surface area contributed by atoms with Gasteiger partial charge in [0.2, 0.25) is 0 Å². The fraction of sp³-hybridized carbons (Fsp3) is 0.120. The van der Waals surface area contributed by atoms with Gasteiger partial charge in [0.25, 0.3) is 0 Å². The molecule has 0 fully saturated rings. The van der Waals surface area contributed by atoms with Crippen molar-refractivity contribution in [2.45, 2.75) is 19.9 Å². The first kappa shape index (κ1) is 20.5. The summed E-state index contributed by atoms with van der Waals surface area (Å²) in [4.78, 5) is 18.3. The van der Waals surface area contributed by atoms with Crippen LogP contribution in [0.1, 0.15) is 13.8 Å². The lowest BCUT2D eigenvalue weighted by Gasteiger charge is -2.10. The quantitative estimate of drug-likeness (QED) is 0.277. The number of aromatic nitrogens is 6. The van der Waals surface area contributed by atoms with Crippen molar-refractivity contribution in [2.24, 2.45) is 0 Å². The highest BCUT2D eigenvalue weighted by Crippen LogP contribution is 2.34. The fourth-order valence-corrected chi connectivity index (χ4v) is 4.78. The molecule has 0 bridgehead atoms. The van der Waals surface area contributed by atoms with Crippen LogP contribution in [0.25, 0.3) is 55.3 Å². The number of nitrogens with zero attached hydrogens (tertiary/aromatic N) is 4. The molecule has 0 aliphatic rings. The Morgan fingerprint density at radius 3 is 2.71 bits per heavy atom. The summed E-state index contributed by atoms with van der Waals surface area (Å²) in [7, 11) is 0. The maximum atomic E-state index is 13.6. The van der Waals surface area contributed by atoms with Gasteiger partial charge in [-0.25, -0.2) is 9.97 Å². The minimum Gasteiger partial charge on any atom is -0.382 e. The molecular formula is C25H20FN7S. The van der Waals surface area contributed by atoms with E-state index in [9.17, 15) is 4.39 Å². The zero-order chi connectivity index (χ0) is 23.2. The first-order chi connectivity index (χ1) is 16.5. The Bertz CT molecular complexity index is 1650. The molecule has 168 valence electrons.